The van der Waals surface area contributed by atoms with Crippen LogP contribution >= 0.6 is 0 Å². The second kappa shape index (κ2) is 17.8. The van der Waals surface area contributed by atoms with Crippen LogP contribution in [0.4, 0.5) is 52.7 Å². The lowest BCUT2D eigenvalue weighted by Gasteiger charge is -2.38. The fourth-order valence-corrected chi connectivity index (χ4v) is 6.67. The number of hydrogen-bond acceptors (Lipinski definition) is 6. The Morgan fingerprint density at radius 3 is 1.66 bits per heavy atom. The molecule has 5 rings (SSSR count). The highest BCUT2D eigenvalue weighted by Crippen LogP contribution is 2.56. The lowest BCUT2D eigenvalue weighted by atomic mass is 9.73. The van der Waals surface area contributed by atoms with Crippen molar-refractivity contribution < 1.29 is 62.2 Å². The fraction of sp³-hybridized carbons (Fsp3) is 0.400. The Labute approximate surface area is 326 Å². The molecule has 3 aromatic carbocycles. The van der Waals surface area contributed by atoms with Gasteiger partial charge < -0.3 is 20.1 Å². The van der Waals surface area contributed by atoms with Crippen LogP contribution in [0.1, 0.15) is 29.2 Å². The highest BCUT2D eigenvalue weighted by Gasteiger charge is 2.72. The summed E-state index contributed by atoms with van der Waals surface area (Å²) in [6, 6.07) is 7.78. The topological polar surface area (TPSA) is 49.0 Å². The van der Waals surface area contributed by atoms with E-state index in [2.05, 4.69) is 17.2 Å². The average molecular weight is 837 g/mol. The minimum absolute atomic E-state index is 0.208. The van der Waals surface area contributed by atoms with E-state index in [4.69, 9.17) is 9.47 Å². The summed E-state index contributed by atoms with van der Waals surface area (Å²) in [5, 5.41) is 6.29. The molecule has 0 radical (unpaired) electrons. The largest absolute Gasteiger partial charge is 0.457 e. The molecule has 0 atom stereocenters. The first-order valence-electron chi connectivity index (χ1n) is 18.0. The van der Waals surface area contributed by atoms with Crippen molar-refractivity contribution in [2.45, 2.75) is 43.6 Å². The summed E-state index contributed by atoms with van der Waals surface area (Å²) in [6.07, 6.45) is -19.7. The minimum atomic E-state index is -6.05. The molecule has 0 saturated carbocycles. The lowest BCUT2D eigenvalue weighted by Crippen LogP contribution is -2.54. The predicted octanol–water partition coefficient (Wildman–Crippen LogP) is 9.55. The van der Waals surface area contributed by atoms with Gasteiger partial charge in [-0.2, -0.15) is 52.7 Å². The molecular weight excluding hydrogens is 796 g/mol. The third-order valence-electron chi connectivity index (χ3n) is 9.75. The number of piperazine rings is 2. The van der Waals surface area contributed by atoms with Gasteiger partial charge in [0.2, 0.25) is 5.41 Å². The summed E-state index contributed by atoms with van der Waals surface area (Å²) in [6.45, 7) is 10.4. The van der Waals surface area contributed by atoms with Crippen LogP contribution in [-0.4, -0.2) is 87.2 Å². The Morgan fingerprint density at radius 2 is 1.17 bits per heavy atom. The molecule has 0 spiro atoms. The first-order chi connectivity index (χ1) is 27.1. The van der Waals surface area contributed by atoms with E-state index in [1.54, 1.807) is 0 Å². The summed E-state index contributed by atoms with van der Waals surface area (Å²) in [5.41, 5.74) is -9.07. The number of nitrogens with zero attached hydrogens (tertiary/aromatic N) is 2. The van der Waals surface area contributed by atoms with Crippen molar-refractivity contribution in [3.05, 3.63) is 125 Å². The number of benzene rings is 3. The van der Waals surface area contributed by atoms with E-state index in [1.165, 1.54) is 12.1 Å². The van der Waals surface area contributed by atoms with Crippen LogP contribution in [0.15, 0.2) is 102 Å². The monoisotopic (exact) mass is 836 g/mol. The third-order valence-corrected chi connectivity index (χ3v) is 9.75. The Morgan fingerprint density at radius 1 is 0.672 bits per heavy atom. The fourth-order valence-electron chi connectivity index (χ4n) is 6.67. The van der Waals surface area contributed by atoms with E-state index in [0.29, 0.717) is 125 Å². The Kier molecular flexibility index (Phi) is 13.7. The molecule has 58 heavy (non-hydrogen) atoms. The molecule has 2 heterocycles. The standard InChI is InChI=1S/C40H40F12N4O2/c1-26(24-55-19-15-53-16-20-55)3-13-34(27(2)37(41,42)43)57-31-9-5-29(6-10-31)36(39(47,48)49,40(50,51)52)30-7-11-32(12-8-30)58-35-14-4-28(23-33(35)38(44,45)46)25-56-21-17-54-18-22-56/h3-14,23,53-54H,1,15-22,24-25H2,2H3. The molecule has 2 saturated heterocycles. The van der Waals surface area contributed by atoms with Gasteiger partial charge in [0, 0.05) is 65.4 Å². The van der Waals surface area contributed by atoms with Gasteiger partial charge in [-0.05, 0) is 71.7 Å². The number of halogens is 12. The van der Waals surface area contributed by atoms with E-state index < -0.39 is 75.4 Å². The van der Waals surface area contributed by atoms with Crippen molar-refractivity contribution in [1.82, 2.24) is 20.4 Å². The van der Waals surface area contributed by atoms with Crippen LogP contribution in [-0.2, 0) is 18.1 Å². The van der Waals surface area contributed by atoms with E-state index in [-0.39, 0.29) is 6.54 Å². The normalized spacial score (nSPS) is 17.3. The summed E-state index contributed by atoms with van der Waals surface area (Å²) in [7, 11) is 0. The minimum Gasteiger partial charge on any atom is -0.457 e. The van der Waals surface area contributed by atoms with Crippen LogP contribution in [0.25, 0.3) is 0 Å². The first kappa shape index (κ1) is 44.6. The number of alkyl halides is 12. The number of allylic oxidation sites excluding steroid dienone is 2. The summed E-state index contributed by atoms with van der Waals surface area (Å²) < 4.78 is 184. The molecule has 0 aromatic heterocycles. The van der Waals surface area contributed by atoms with Gasteiger partial charge in [0.1, 0.15) is 23.0 Å². The zero-order valence-corrected chi connectivity index (χ0v) is 31.0. The maximum atomic E-state index is 14.9. The van der Waals surface area contributed by atoms with Crippen LogP contribution in [0.3, 0.4) is 0 Å². The summed E-state index contributed by atoms with van der Waals surface area (Å²) in [5.74, 6) is -2.46. The number of nitrogens with one attached hydrogen (secondary N) is 2. The molecule has 2 N–H and O–H groups in total. The van der Waals surface area contributed by atoms with Gasteiger partial charge in [-0.3, -0.25) is 9.80 Å². The van der Waals surface area contributed by atoms with Crippen LogP contribution in [0.5, 0.6) is 17.2 Å². The molecule has 0 amide bonds. The molecule has 2 aliphatic rings. The van der Waals surface area contributed by atoms with Crippen molar-refractivity contribution in [3.8, 4) is 17.2 Å². The van der Waals surface area contributed by atoms with Gasteiger partial charge in [0.15, 0.2) is 0 Å². The average Bonchev–Trinajstić information content (AvgIpc) is 3.14. The second-order valence-electron chi connectivity index (χ2n) is 13.9. The molecular formula is C40H40F12N4O2. The van der Waals surface area contributed by atoms with Crippen LogP contribution in [0, 0.1) is 0 Å². The molecule has 2 aliphatic heterocycles. The van der Waals surface area contributed by atoms with E-state index >= 15 is 0 Å². The van der Waals surface area contributed by atoms with Crippen molar-refractivity contribution in [3.63, 3.8) is 0 Å². The van der Waals surface area contributed by atoms with Crippen molar-refractivity contribution in [1.29, 1.82) is 0 Å². The zero-order chi connectivity index (χ0) is 42.5. The summed E-state index contributed by atoms with van der Waals surface area (Å²) >= 11 is 0. The van der Waals surface area contributed by atoms with Gasteiger partial charge in [-0.1, -0.05) is 43.0 Å². The van der Waals surface area contributed by atoms with E-state index in [0.717, 1.165) is 18.2 Å². The predicted molar refractivity (Wildman–Crippen MR) is 192 cm³/mol. The lowest BCUT2D eigenvalue weighted by molar-refractivity contribution is -0.288. The quantitative estimate of drug-likeness (QED) is 0.108. The molecule has 6 nitrogen and oxygen atoms in total. The van der Waals surface area contributed by atoms with Crippen molar-refractivity contribution >= 4 is 0 Å². The van der Waals surface area contributed by atoms with Crippen molar-refractivity contribution in [2.24, 2.45) is 0 Å². The Hall–Kier alpha value is -4.52. The number of rotatable bonds is 12. The number of hydrogen-bond donors (Lipinski definition) is 2. The SMILES string of the molecule is C=C(C=CC(Oc1ccc(C(c2ccc(Oc3ccc(CN4CCNCC4)cc3C(F)(F)F)cc2)(C(F)(F)F)C(F)(F)F)cc1)=C(C)C(F)(F)F)CN1CCNCC1. The van der Waals surface area contributed by atoms with Crippen molar-refractivity contribution in [2.75, 3.05) is 58.9 Å². The Balaban J connectivity index is 1.43. The molecule has 0 unspecified atom stereocenters. The van der Waals surface area contributed by atoms with Crippen LogP contribution < -0.4 is 20.1 Å². The third kappa shape index (κ3) is 10.6. The van der Waals surface area contributed by atoms with Gasteiger partial charge in [-0.15, -0.1) is 0 Å². The van der Waals surface area contributed by atoms with Gasteiger partial charge in [0.05, 0.1) is 11.1 Å². The Bertz CT molecular complexity index is 1910. The van der Waals surface area contributed by atoms with E-state index in [1.807, 2.05) is 9.80 Å². The molecule has 0 aliphatic carbocycles. The van der Waals surface area contributed by atoms with Crippen LogP contribution in [0.2, 0.25) is 0 Å². The van der Waals surface area contributed by atoms with E-state index in [9.17, 15) is 52.7 Å². The van der Waals surface area contributed by atoms with Gasteiger partial charge in [-0.25, -0.2) is 0 Å². The maximum absolute atomic E-state index is 14.9. The zero-order valence-electron chi connectivity index (χ0n) is 31.0. The highest BCUT2D eigenvalue weighted by atomic mass is 19.4. The first-order valence-corrected chi connectivity index (χ1v) is 18.0. The molecule has 2 fully saturated rings. The molecule has 0 bridgehead atoms. The highest BCUT2D eigenvalue weighted by molar-refractivity contribution is 5.49. The summed E-state index contributed by atoms with van der Waals surface area (Å²) in [4.78, 5) is 3.95. The molecule has 18 heteroatoms. The van der Waals surface area contributed by atoms with Gasteiger partial charge >= 0.3 is 24.7 Å². The van der Waals surface area contributed by atoms with Gasteiger partial charge in [0.25, 0.3) is 0 Å². The number of ether oxygens (including phenoxy) is 2. The molecule has 3 aromatic rings. The second-order valence-corrected chi connectivity index (χ2v) is 13.9. The smallest absolute Gasteiger partial charge is 0.419 e. The molecule has 316 valence electrons. The maximum Gasteiger partial charge on any atom is 0.419 e.